The van der Waals surface area contributed by atoms with Gasteiger partial charge in [-0.3, -0.25) is 9.69 Å². The number of nitrogens with zero attached hydrogens (tertiary/aromatic N) is 2. The maximum atomic E-state index is 13.2. The average Bonchev–Trinajstić information content (AvgIpc) is 2.92. The summed E-state index contributed by atoms with van der Waals surface area (Å²) in [6, 6.07) is 4.54. The third-order valence-corrected chi connectivity index (χ3v) is 6.27. The maximum absolute atomic E-state index is 13.2. The second kappa shape index (κ2) is 7.54. The normalized spacial score (nSPS) is 23.7. The molecule has 144 valence electrons. The first-order valence-electron chi connectivity index (χ1n) is 9.07. The number of primary sulfonamides is 1. The molecule has 1 amide bonds. The molecule has 0 radical (unpaired) electrons. The number of benzene rings is 1. The number of sulfonamides is 1. The highest BCUT2D eigenvalue weighted by Gasteiger charge is 2.36. The topological polar surface area (TPSA) is 92.9 Å². The van der Waals surface area contributed by atoms with E-state index in [0.717, 1.165) is 32.4 Å². The summed E-state index contributed by atoms with van der Waals surface area (Å²) in [6.45, 7) is 5.60. The molecule has 3 aliphatic heterocycles. The maximum Gasteiger partial charge on any atom is 0.257 e. The molecule has 26 heavy (non-hydrogen) atoms. The van der Waals surface area contributed by atoms with Gasteiger partial charge in [-0.2, -0.15) is 0 Å². The zero-order valence-electron chi connectivity index (χ0n) is 15.3. The van der Waals surface area contributed by atoms with Crippen LogP contribution in [0.15, 0.2) is 23.1 Å². The Balaban J connectivity index is 1.89. The van der Waals surface area contributed by atoms with Crippen LogP contribution in [0.5, 0.6) is 5.75 Å². The lowest BCUT2D eigenvalue weighted by molar-refractivity contribution is 0.0734. The quantitative estimate of drug-likeness (QED) is 0.830. The lowest BCUT2D eigenvalue weighted by atomic mass is 9.95. The second-order valence-electron chi connectivity index (χ2n) is 7.21. The van der Waals surface area contributed by atoms with Gasteiger partial charge in [-0.1, -0.05) is 6.92 Å². The van der Waals surface area contributed by atoms with Crippen molar-refractivity contribution in [2.75, 3.05) is 33.3 Å². The average molecular weight is 381 g/mol. The highest BCUT2D eigenvalue weighted by molar-refractivity contribution is 7.89. The van der Waals surface area contributed by atoms with Crippen molar-refractivity contribution in [3.8, 4) is 5.75 Å². The summed E-state index contributed by atoms with van der Waals surface area (Å²) in [5.74, 6) is 0.628. The van der Waals surface area contributed by atoms with E-state index in [2.05, 4.69) is 11.8 Å². The summed E-state index contributed by atoms with van der Waals surface area (Å²) in [5.41, 5.74) is 0.252. The predicted molar refractivity (Wildman–Crippen MR) is 98.6 cm³/mol. The van der Waals surface area contributed by atoms with Gasteiger partial charge in [0.05, 0.1) is 17.6 Å². The molecule has 4 rings (SSSR count). The zero-order chi connectivity index (χ0) is 18.9. The van der Waals surface area contributed by atoms with Crippen molar-refractivity contribution in [3.63, 3.8) is 0 Å². The van der Waals surface area contributed by atoms with Crippen LogP contribution >= 0.6 is 0 Å². The molecule has 0 saturated carbocycles. The van der Waals surface area contributed by atoms with Crippen molar-refractivity contribution in [2.24, 2.45) is 11.1 Å². The fraction of sp³-hybridized carbons (Fsp3) is 0.611. The predicted octanol–water partition coefficient (Wildman–Crippen LogP) is 1.29. The van der Waals surface area contributed by atoms with Gasteiger partial charge in [-0.15, -0.1) is 0 Å². The molecule has 0 aromatic heterocycles. The molecular weight excluding hydrogens is 354 g/mol. The highest BCUT2D eigenvalue weighted by atomic mass is 32.2. The Morgan fingerprint density at radius 1 is 1.27 bits per heavy atom. The molecule has 0 spiro atoms. The zero-order valence-corrected chi connectivity index (χ0v) is 16.2. The molecule has 2 atom stereocenters. The van der Waals surface area contributed by atoms with Gasteiger partial charge >= 0.3 is 0 Å². The molecule has 7 nitrogen and oxygen atoms in total. The first-order valence-corrected chi connectivity index (χ1v) is 10.6. The van der Waals surface area contributed by atoms with Crippen LogP contribution in [-0.4, -0.2) is 63.5 Å². The summed E-state index contributed by atoms with van der Waals surface area (Å²) in [6.07, 6.45) is 3.33. The van der Waals surface area contributed by atoms with E-state index >= 15 is 0 Å². The molecule has 1 aromatic carbocycles. The van der Waals surface area contributed by atoms with Gasteiger partial charge in [0, 0.05) is 25.7 Å². The van der Waals surface area contributed by atoms with E-state index in [0.29, 0.717) is 30.8 Å². The van der Waals surface area contributed by atoms with Crippen LogP contribution in [-0.2, 0) is 10.0 Å². The smallest absolute Gasteiger partial charge is 0.257 e. The molecule has 2 bridgehead atoms. The number of nitrogens with two attached hydrogens (primary N) is 1. The Kier molecular flexibility index (Phi) is 5.55. The van der Waals surface area contributed by atoms with Gasteiger partial charge in [0.15, 0.2) is 0 Å². The minimum absolute atomic E-state index is 0.0768. The van der Waals surface area contributed by atoms with E-state index in [1.54, 1.807) is 0 Å². The fourth-order valence-corrected chi connectivity index (χ4v) is 4.65. The van der Waals surface area contributed by atoms with E-state index in [1.165, 1.54) is 25.3 Å². The Morgan fingerprint density at radius 2 is 2.04 bits per heavy atom. The van der Waals surface area contributed by atoms with E-state index in [1.807, 2.05) is 4.90 Å². The van der Waals surface area contributed by atoms with Gasteiger partial charge in [-0.05, 0) is 49.9 Å². The molecule has 0 unspecified atom stereocenters. The number of hydrogen-bond donors (Lipinski definition) is 1. The van der Waals surface area contributed by atoms with Crippen LogP contribution in [0.25, 0.3) is 0 Å². The molecule has 0 aliphatic carbocycles. The lowest BCUT2D eigenvalue weighted by Crippen LogP contribution is -2.44. The summed E-state index contributed by atoms with van der Waals surface area (Å²) < 4.78 is 28.6. The number of ether oxygens (including phenoxy) is 1. The Morgan fingerprint density at radius 3 is 2.69 bits per heavy atom. The fourth-order valence-electron chi connectivity index (χ4n) is 4.11. The molecule has 2 N–H and O–H groups in total. The van der Waals surface area contributed by atoms with Crippen molar-refractivity contribution in [1.29, 1.82) is 0 Å². The number of carbonyl (C=O) groups is 1. The third kappa shape index (κ3) is 3.87. The van der Waals surface area contributed by atoms with Crippen molar-refractivity contribution in [2.45, 2.75) is 37.1 Å². The number of fused-ring (bicyclic) bond motifs is 4. The summed E-state index contributed by atoms with van der Waals surface area (Å²) in [4.78, 5) is 17.4. The number of rotatable bonds is 5. The summed E-state index contributed by atoms with van der Waals surface area (Å²) >= 11 is 0. The minimum atomic E-state index is -3.88. The molecule has 3 saturated heterocycles. The molecular formula is C18H27N3O4S. The van der Waals surface area contributed by atoms with Crippen LogP contribution < -0.4 is 9.88 Å². The van der Waals surface area contributed by atoms with E-state index in [9.17, 15) is 13.2 Å². The molecule has 3 aliphatic rings. The largest absolute Gasteiger partial charge is 0.496 e. The minimum Gasteiger partial charge on any atom is -0.496 e. The monoisotopic (exact) mass is 381 g/mol. The first-order chi connectivity index (χ1) is 12.3. The number of piperidine rings is 1. The van der Waals surface area contributed by atoms with Crippen molar-refractivity contribution in [3.05, 3.63) is 23.8 Å². The Hall–Kier alpha value is -1.64. The number of methoxy groups -OCH3 is 1. The van der Waals surface area contributed by atoms with Gasteiger partial charge in [0.25, 0.3) is 5.91 Å². The van der Waals surface area contributed by atoms with Gasteiger partial charge in [0.1, 0.15) is 5.75 Å². The van der Waals surface area contributed by atoms with E-state index < -0.39 is 10.0 Å². The number of hydrogen-bond acceptors (Lipinski definition) is 5. The Bertz CT molecular complexity index is 781. The highest BCUT2D eigenvalue weighted by Crippen LogP contribution is 2.30. The molecule has 8 heteroatoms. The van der Waals surface area contributed by atoms with Crippen LogP contribution in [0.4, 0.5) is 0 Å². The molecule has 1 aromatic rings. The Labute approximate surface area is 155 Å². The molecule has 3 fully saturated rings. The van der Waals surface area contributed by atoms with Gasteiger partial charge < -0.3 is 9.64 Å². The standard InChI is InChI=1S/C18H27N3O4S/c1-3-8-20-10-13-4-5-14(20)12-21(11-13)18(22)16-9-15(26(19,23)24)6-7-17(16)25-2/h6-7,9,13-14H,3-5,8,10-12H2,1-2H3,(H2,19,23,24)/t13-,14-/m1/s1. The van der Waals surface area contributed by atoms with Crippen molar-refractivity contribution < 1.29 is 17.9 Å². The summed E-state index contributed by atoms with van der Waals surface area (Å²) in [5, 5.41) is 5.23. The van der Waals surface area contributed by atoms with Crippen LogP contribution in [0.1, 0.15) is 36.5 Å². The number of carbonyl (C=O) groups excluding carboxylic acids is 1. The van der Waals surface area contributed by atoms with Crippen LogP contribution in [0.3, 0.4) is 0 Å². The van der Waals surface area contributed by atoms with Crippen molar-refractivity contribution >= 4 is 15.9 Å². The molecule has 3 heterocycles. The second-order valence-corrected chi connectivity index (χ2v) is 8.77. The van der Waals surface area contributed by atoms with Crippen LogP contribution in [0, 0.1) is 5.92 Å². The third-order valence-electron chi connectivity index (χ3n) is 5.35. The first kappa shape index (κ1) is 19.1. The van der Waals surface area contributed by atoms with Gasteiger partial charge in [0.2, 0.25) is 10.0 Å². The van der Waals surface area contributed by atoms with E-state index in [4.69, 9.17) is 9.88 Å². The van der Waals surface area contributed by atoms with Gasteiger partial charge in [-0.25, -0.2) is 13.6 Å². The van der Waals surface area contributed by atoms with Crippen molar-refractivity contribution in [1.82, 2.24) is 9.80 Å². The SMILES string of the molecule is CCCN1C[C@H]2CC[C@@H]1CN(C(=O)c1cc(S(N)(=O)=O)ccc1OC)C2. The lowest BCUT2D eigenvalue weighted by Gasteiger charge is -2.35. The summed E-state index contributed by atoms with van der Waals surface area (Å²) in [7, 11) is -2.41. The van der Waals surface area contributed by atoms with E-state index in [-0.39, 0.29) is 16.4 Å². The van der Waals surface area contributed by atoms with Crippen LogP contribution in [0.2, 0.25) is 0 Å². The number of amides is 1.